The normalized spacial score (nSPS) is 18.9. The van der Waals surface area contributed by atoms with E-state index in [1.807, 2.05) is 102 Å². The third-order valence-corrected chi connectivity index (χ3v) is 9.80. The molecule has 0 radical (unpaired) electrons. The first-order valence-electron chi connectivity index (χ1n) is 17.5. The summed E-state index contributed by atoms with van der Waals surface area (Å²) in [5.74, 6) is -0.377. The topological polar surface area (TPSA) is 137 Å². The van der Waals surface area contributed by atoms with Gasteiger partial charge in [-0.05, 0) is 53.1 Å². The van der Waals surface area contributed by atoms with Crippen LogP contribution < -0.4 is 21.3 Å². The highest BCUT2D eigenvalue weighted by atomic mass is 16.3. The van der Waals surface area contributed by atoms with E-state index in [-0.39, 0.29) is 56.7 Å². The standard InChI is InChI=1S/C40H39N9O4/c50-33-18-16-28(17-19-33)21-36-39(52)45(23-30-11-7-15-35-34(30)14-8-20-41-35)26-37-48(36)38(51)27-46(49(37)40(53)42-22-29-9-3-1-4-10-29)24-31-25-47(44-43-31)32-12-5-2-6-13-32/h1-20,25,36-37,43-44,50H,21-24,26-27H2,(H,42,53)/t36-,37-/m0/s1. The number of hydrogen-bond donors (Lipinski definition) is 4. The van der Waals surface area contributed by atoms with E-state index in [0.717, 1.165) is 39.0 Å². The molecule has 4 heterocycles. The molecule has 13 heteroatoms. The Morgan fingerprint density at radius 2 is 1.62 bits per heavy atom. The summed E-state index contributed by atoms with van der Waals surface area (Å²) in [5.41, 5.74) is 11.4. The number of piperazine rings is 1. The summed E-state index contributed by atoms with van der Waals surface area (Å²) in [6.45, 7) is 0.695. The maximum Gasteiger partial charge on any atom is 0.334 e. The van der Waals surface area contributed by atoms with Gasteiger partial charge in [-0.25, -0.2) is 9.80 Å². The van der Waals surface area contributed by atoms with Crippen LogP contribution in [0.5, 0.6) is 5.75 Å². The SMILES string of the molecule is O=C1[C@H](Cc2ccc(O)cc2)N2C(=O)CN(CC3=CN(c4ccccc4)NN3)N(C(=O)NCc3ccccc3)[C@H]2CN1Cc1cccc2ncccc12. The lowest BCUT2D eigenvalue weighted by Gasteiger charge is -2.55. The molecule has 268 valence electrons. The molecule has 8 rings (SSSR count). The van der Waals surface area contributed by atoms with Crippen LogP contribution in [0.1, 0.15) is 16.7 Å². The molecule has 0 aliphatic carbocycles. The second-order valence-electron chi connectivity index (χ2n) is 13.3. The molecule has 2 fully saturated rings. The number of phenols is 1. The number of aromatic hydroxyl groups is 1. The second kappa shape index (κ2) is 14.7. The van der Waals surface area contributed by atoms with E-state index in [4.69, 9.17) is 0 Å². The number of carbonyl (C=O) groups is 3. The molecular formula is C40H39N9O4. The van der Waals surface area contributed by atoms with E-state index >= 15 is 0 Å². The Labute approximate surface area is 306 Å². The number of urea groups is 1. The number of anilines is 1. The van der Waals surface area contributed by atoms with Gasteiger partial charge in [-0.15, -0.1) is 5.53 Å². The average molecular weight is 710 g/mol. The van der Waals surface area contributed by atoms with E-state index in [1.54, 1.807) is 50.3 Å². The number of fused-ring (bicyclic) bond motifs is 2. The number of nitrogens with one attached hydrogen (secondary N) is 3. The largest absolute Gasteiger partial charge is 0.508 e. The molecule has 2 atom stereocenters. The average Bonchev–Trinajstić information content (AvgIpc) is 3.66. The molecule has 4 N–H and O–H groups in total. The monoisotopic (exact) mass is 709 g/mol. The predicted octanol–water partition coefficient (Wildman–Crippen LogP) is 3.86. The summed E-state index contributed by atoms with van der Waals surface area (Å²) in [6, 6.07) is 34.4. The fraction of sp³-hybridized carbons (Fsp3) is 0.200. The van der Waals surface area contributed by atoms with Crippen molar-refractivity contribution in [3.8, 4) is 5.75 Å². The van der Waals surface area contributed by atoms with E-state index in [1.165, 1.54) is 0 Å². The number of hydrogen-bond acceptors (Lipinski definition) is 9. The van der Waals surface area contributed by atoms with E-state index in [9.17, 15) is 19.5 Å². The van der Waals surface area contributed by atoms with Crippen molar-refractivity contribution in [2.75, 3.05) is 24.6 Å². The summed E-state index contributed by atoms with van der Waals surface area (Å²) in [6.07, 6.45) is 3.02. The summed E-state index contributed by atoms with van der Waals surface area (Å²) >= 11 is 0. The third kappa shape index (κ3) is 7.07. The fourth-order valence-corrected chi connectivity index (χ4v) is 7.25. The van der Waals surface area contributed by atoms with Crippen molar-refractivity contribution in [3.05, 3.63) is 150 Å². The maximum atomic E-state index is 14.6. The zero-order valence-corrected chi connectivity index (χ0v) is 28.9. The van der Waals surface area contributed by atoms with Crippen LogP contribution in [0.4, 0.5) is 10.5 Å². The van der Waals surface area contributed by atoms with Crippen LogP contribution >= 0.6 is 0 Å². The van der Waals surface area contributed by atoms with Crippen LogP contribution in [-0.4, -0.2) is 79.6 Å². The van der Waals surface area contributed by atoms with Gasteiger partial charge < -0.3 is 25.6 Å². The molecule has 0 spiro atoms. The number of rotatable bonds is 9. The van der Waals surface area contributed by atoms with Gasteiger partial charge in [0.05, 0.1) is 36.5 Å². The van der Waals surface area contributed by atoms with Gasteiger partial charge in [0.25, 0.3) is 0 Å². The quantitative estimate of drug-likeness (QED) is 0.180. The molecule has 0 saturated carbocycles. The lowest BCUT2D eigenvalue weighted by atomic mass is 9.98. The Hall–Kier alpha value is -6.44. The van der Waals surface area contributed by atoms with Crippen molar-refractivity contribution in [1.82, 2.24) is 41.1 Å². The number of hydrazine groups is 3. The van der Waals surface area contributed by atoms with Crippen LogP contribution in [0.15, 0.2) is 133 Å². The Balaban J connectivity index is 1.15. The molecule has 3 aliphatic heterocycles. The number of carbonyl (C=O) groups excluding carboxylic acids is 3. The van der Waals surface area contributed by atoms with Crippen LogP contribution in [-0.2, 0) is 29.1 Å². The Bertz CT molecular complexity index is 2140. The minimum absolute atomic E-state index is 0.0867. The van der Waals surface area contributed by atoms with Crippen molar-refractivity contribution in [2.45, 2.75) is 31.7 Å². The highest BCUT2D eigenvalue weighted by Crippen LogP contribution is 2.31. The second-order valence-corrected chi connectivity index (χ2v) is 13.3. The van der Waals surface area contributed by atoms with Gasteiger partial charge >= 0.3 is 6.03 Å². The van der Waals surface area contributed by atoms with Crippen LogP contribution in [0.2, 0.25) is 0 Å². The molecule has 4 aromatic carbocycles. The first-order valence-corrected chi connectivity index (χ1v) is 17.5. The molecule has 13 nitrogen and oxygen atoms in total. The molecule has 53 heavy (non-hydrogen) atoms. The number of phenolic OH excluding ortho intramolecular Hbond substituents is 1. The number of nitrogens with zero attached hydrogens (tertiary/aromatic N) is 6. The zero-order chi connectivity index (χ0) is 36.3. The van der Waals surface area contributed by atoms with Gasteiger partial charge in [-0.2, -0.15) is 5.01 Å². The third-order valence-electron chi connectivity index (χ3n) is 9.80. The fourth-order valence-electron chi connectivity index (χ4n) is 7.25. The van der Waals surface area contributed by atoms with Gasteiger partial charge in [0.2, 0.25) is 11.8 Å². The molecule has 0 unspecified atom stereocenters. The minimum atomic E-state index is -0.899. The van der Waals surface area contributed by atoms with Crippen molar-refractivity contribution in [3.63, 3.8) is 0 Å². The summed E-state index contributed by atoms with van der Waals surface area (Å²) < 4.78 is 0. The van der Waals surface area contributed by atoms with E-state index in [0.29, 0.717) is 0 Å². The first kappa shape index (κ1) is 33.7. The minimum Gasteiger partial charge on any atom is -0.508 e. The predicted molar refractivity (Wildman–Crippen MR) is 199 cm³/mol. The maximum absolute atomic E-state index is 14.6. The molecular weight excluding hydrogens is 670 g/mol. The smallest absolute Gasteiger partial charge is 0.334 e. The molecule has 3 aliphatic rings. The van der Waals surface area contributed by atoms with Crippen molar-refractivity contribution >= 4 is 34.4 Å². The zero-order valence-electron chi connectivity index (χ0n) is 28.9. The number of amides is 4. The van der Waals surface area contributed by atoms with E-state index < -0.39 is 18.2 Å². The highest BCUT2D eigenvalue weighted by molar-refractivity contribution is 5.92. The first-order chi connectivity index (χ1) is 25.9. The molecule has 2 saturated heterocycles. The van der Waals surface area contributed by atoms with Gasteiger partial charge in [-0.3, -0.25) is 19.6 Å². The van der Waals surface area contributed by atoms with Crippen LogP contribution in [0, 0.1) is 0 Å². The van der Waals surface area contributed by atoms with Gasteiger partial charge in [0, 0.05) is 37.3 Å². The van der Waals surface area contributed by atoms with Crippen LogP contribution in [0.25, 0.3) is 10.9 Å². The van der Waals surface area contributed by atoms with Gasteiger partial charge in [-0.1, -0.05) is 78.9 Å². The molecule has 4 amide bonds. The lowest BCUT2D eigenvalue weighted by molar-refractivity contribution is -0.189. The highest BCUT2D eigenvalue weighted by Gasteiger charge is 2.51. The van der Waals surface area contributed by atoms with Crippen LogP contribution in [0.3, 0.4) is 0 Å². The Kier molecular flexibility index (Phi) is 9.32. The Morgan fingerprint density at radius 1 is 0.849 bits per heavy atom. The van der Waals surface area contributed by atoms with Crippen molar-refractivity contribution in [1.29, 1.82) is 0 Å². The lowest BCUT2D eigenvalue weighted by Crippen LogP contribution is -2.76. The number of para-hydroxylation sites is 1. The number of pyridine rings is 1. The summed E-state index contributed by atoms with van der Waals surface area (Å²) in [7, 11) is 0. The Morgan fingerprint density at radius 3 is 2.42 bits per heavy atom. The van der Waals surface area contributed by atoms with Crippen molar-refractivity contribution in [2.24, 2.45) is 0 Å². The van der Waals surface area contributed by atoms with Gasteiger partial charge in [0.1, 0.15) is 18.0 Å². The van der Waals surface area contributed by atoms with Crippen molar-refractivity contribution < 1.29 is 19.5 Å². The number of aromatic nitrogens is 1. The summed E-state index contributed by atoms with van der Waals surface area (Å²) in [5, 5.41) is 19.2. The summed E-state index contributed by atoms with van der Waals surface area (Å²) in [4.78, 5) is 51.2. The molecule has 1 aromatic heterocycles. The molecule has 5 aromatic rings. The van der Waals surface area contributed by atoms with Gasteiger partial charge in [0.15, 0.2) is 0 Å². The molecule has 0 bridgehead atoms. The van der Waals surface area contributed by atoms with E-state index in [2.05, 4.69) is 21.3 Å². The number of benzene rings is 4.